The summed E-state index contributed by atoms with van der Waals surface area (Å²) in [6.07, 6.45) is -1.43. The number of hydrogen-bond acceptors (Lipinski definition) is 2. The van der Waals surface area contributed by atoms with Gasteiger partial charge in [-0.1, -0.05) is 15.9 Å². The second-order valence-electron chi connectivity index (χ2n) is 2.45. The molecule has 0 aliphatic rings. The number of ether oxygens (including phenoxy) is 1. The van der Waals surface area contributed by atoms with Crippen LogP contribution < -0.4 is 4.74 Å². The molecule has 0 amide bonds. The van der Waals surface area contributed by atoms with E-state index in [1.54, 1.807) is 0 Å². The van der Waals surface area contributed by atoms with Crippen LogP contribution in [0.15, 0.2) is 10.7 Å². The van der Waals surface area contributed by atoms with Gasteiger partial charge in [-0.3, -0.25) is 0 Å². The van der Waals surface area contributed by atoms with E-state index in [9.17, 15) is 8.78 Å². The minimum absolute atomic E-state index is 0.125. The van der Waals surface area contributed by atoms with E-state index in [1.165, 1.54) is 7.11 Å². The first-order valence-corrected chi connectivity index (χ1v) is 5.58. The lowest BCUT2D eigenvalue weighted by molar-refractivity contribution is 0.150. The normalized spacial score (nSPS) is 10.7. The van der Waals surface area contributed by atoms with Crippen LogP contribution in [-0.4, -0.2) is 12.1 Å². The third kappa shape index (κ3) is 2.23. The van der Waals surface area contributed by atoms with Crippen LogP contribution in [0, 0.1) is 0 Å². The molecule has 2 nitrogen and oxygen atoms in total. The van der Waals surface area contributed by atoms with Crippen molar-refractivity contribution in [3.63, 3.8) is 0 Å². The minimum Gasteiger partial charge on any atom is -0.481 e. The van der Waals surface area contributed by atoms with E-state index in [1.807, 2.05) is 0 Å². The molecular formula is C8H7Br2F2NO. The molecule has 0 radical (unpaired) electrons. The maximum absolute atomic E-state index is 12.5. The molecule has 0 atom stereocenters. The molecule has 1 aromatic rings. The predicted octanol–water partition coefficient (Wildman–Crippen LogP) is 3.69. The van der Waals surface area contributed by atoms with Crippen molar-refractivity contribution in [2.24, 2.45) is 0 Å². The van der Waals surface area contributed by atoms with E-state index in [2.05, 4.69) is 36.8 Å². The van der Waals surface area contributed by atoms with Gasteiger partial charge in [-0.25, -0.2) is 13.8 Å². The lowest BCUT2D eigenvalue weighted by atomic mass is 10.2. The molecule has 0 N–H and O–H groups in total. The SMILES string of the molecule is COc1ncc(C(F)F)c(Br)c1CBr. The van der Waals surface area contributed by atoms with Crippen LogP contribution in [0.5, 0.6) is 5.88 Å². The molecule has 0 unspecified atom stereocenters. The highest BCUT2D eigenvalue weighted by atomic mass is 79.9. The van der Waals surface area contributed by atoms with Crippen molar-refractivity contribution in [1.29, 1.82) is 0 Å². The maximum Gasteiger partial charge on any atom is 0.266 e. The molecule has 6 heteroatoms. The smallest absolute Gasteiger partial charge is 0.266 e. The van der Waals surface area contributed by atoms with Crippen LogP contribution in [0.2, 0.25) is 0 Å². The highest BCUT2D eigenvalue weighted by Gasteiger charge is 2.18. The highest BCUT2D eigenvalue weighted by molar-refractivity contribution is 9.10. The number of pyridine rings is 1. The first-order chi connectivity index (χ1) is 6.61. The van der Waals surface area contributed by atoms with Crippen LogP contribution in [0.4, 0.5) is 8.78 Å². The Morgan fingerprint density at radius 2 is 2.21 bits per heavy atom. The molecule has 0 aliphatic carbocycles. The second-order valence-corrected chi connectivity index (χ2v) is 3.80. The van der Waals surface area contributed by atoms with E-state index in [-0.39, 0.29) is 5.56 Å². The summed E-state index contributed by atoms with van der Waals surface area (Å²) in [4.78, 5) is 3.79. The molecule has 1 aromatic heterocycles. The minimum atomic E-state index is -2.54. The molecule has 0 aliphatic heterocycles. The molecule has 0 saturated carbocycles. The van der Waals surface area contributed by atoms with Gasteiger partial charge >= 0.3 is 0 Å². The van der Waals surface area contributed by atoms with Gasteiger partial charge in [0.05, 0.1) is 12.7 Å². The van der Waals surface area contributed by atoms with Gasteiger partial charge in [0.2, 0.25) is 5.88 Å². The van der Waals surface area contributed by atoms with Gasteiger partial charge < -0.3 is 4.74 Å². The summed E-state index contributed by atoms with van der Waals surface area (Å²) in [5.74, 6) is 0.346. The monoisotopic (exact) mass is 329 g/mol. The van der Waals surface area contributed by atoms with Crippen molar-refractivity contribution in [3.05, 3.63) is 21.8 Å². The predicted molar refractivity (Wildman–Crippen MR) is 56.1 cm³/mol. The summed E-state index contributed by atoms with van der Waals surface area (Å²) < 4.78 is 30.2. The standard InChI is InChI=1S/C8H7Br2F2NO/c1-14-8-4(2-9)6(10)5(3-13-8)7(11)12/h3,7H,2H2,1H3. The Morgan fingerprint density at radius 3 is 2.64 bits per heavy atom. The first-order valence-electron chi connectivity index (χ1n) is 3.67. The van der Waals surface area contributed by atoms with Crippen LogP contribution in [0.25, 0.3) is 0 Å². The van der Waals surface area contributed by atoms with E-state index in [0.29, 0.717) is 21.2 Å². The van der Waals surface area contributed by atoms with Crippen LogP contribution in [0.3, 0.4) is 0 Å². The van der Waals surface area contributed by atoms with Crippen molar-refractivity contribution in [2.45, 2.75) is 11.8 Å². The lowest BCUT2D eigenvalue weighted by Crippen LogP contribution is -1.98. The zero-order valence-electron chi connectivity index (χ0n) is 7.23. The van der Waals surface area contributed by atoms with E-state index in [4.69, 9.17) is 4.74 Å². The number of aromatic nitrogens is 1. The van der Waals surface area contributed by atoms with E-state index >= 15 is 0 Å². The molecule has 1 heterocycles. The van der Waals surface area contributed by atoms with Gasteiger partial charge in [0, 0.05) is 21.6 Å². The summed E-state index contributed by atoms with van der Waals surface area (Å²) in [7, 11) is 1.45. The van der Waals surface area contributed by atoms with Crippen LogP contribution in [0.1, 0.15) is 17.6 Å². The number of halogens is 4. The second kappa shape index (κ2) is 5.02. The largest absolute Gasteiger partial charge is 0.481 e. The summed E-state index contributed by atoms with van der Waals surface area (Å²) in [5, 5.41) is 0.407. The Bertz CT molecular complexity index is 333. The van der Waals surface area contributed by atoms with Gasteiger partial charge in [0.25, 0.3) is 6.43 Å². The fourth-order valence-corrected chi connectivity index (χ4v) is 2.46. The Hall–Kier alpha value is -0.230. The van der Waals surface area contributed by atoms with Crippen LogP contribution in [-0.2, 0) is 5.33 Å². The molecular weight excluding hydrogens is 324 g/mol. The third-order valence-electron chi connectivity index (χ3n) is 1.66. The van der Waals surface area contributed by atoms with Gasteiger partial charge in [0.1, 0.15) is 0 Å². The number of nitrogens with zero attached hydrogens (tertiary/aromatic N) is 1. The fraction of sp³-hybridized carbons (Fsp3) is 0.375. The van der Waals surface area contributed by atoms with E-state index in [0.717, 1.165) is 6.20 Å². The number of alkyl halides is 3. The van der Waals surface area contributed by atoms with Gasteiger partial charge in [-0.2, -0.15) is 0 Å². The molecule has 14 heavy (non-hydrogen) atoms. The van der Waals surface area contributed by atoms with Gasteiger partial charge in [-0.05, 0) is 15.9 Å². The first kappa shape index (κ1) is 11.8. The quantitative estimate of drug-likeness (QED) is 0.789. The molecule has 0 bridgehead atoms. The Labute approximate surface area is 96.9 Å². The van der Waals surface area contributed by atoms with Crippen LogP contribution >= 0.6 is 31.9 Å². The number of methoxy groups -OCH3 is 1. The topological polar surface area (TPSA) is 22.1 Å². The average molecular weight is 331 g/mol. The lowest BCUT2D eigenvalue weighted by Gasteiger charge is -2.10. The van der Waals surface area contributed by atoms with Crippen molar-refractivity contribution < 1.29 is 13.5 Å². The number of hydrogen-bond donors (Lipinski definition) is 0. The van der Waals surface area contributed by atoms with Crippen molar-refractivity contribution >= 4 is 31.9 Å². The zero-order valence-corrected chi connectivity index (χ0v) is 10.4. The maximum atomic E-state index is 12.5. The molecule has 78 valence electrons. The third-order valence-corrected chi connectivity index (χ3v) is 3.16. The fourth-order valence-electron chi connectivity index (χ4n) is 0.975. The highest BCUT2D eigenvalue weighted by Crippen LogP contribution is 2.34. The van der Waals surface area contributed by atoms with Crippen molar-refractivity contribution in [3.8, 4) is 5.88 Å². The molecule has 0 saturated heterocycles. The summed E-state index contributed by atoms with van der Waals surface area (Å²) in [5.41, 5.74) is 0.463. The zero-order chi connectivity index (χ0) is 10.7. The number of rotatable bonds is 3. The molecule has 1 rings (SSSR count). The summed E-state index contributed by atoms with van der Waals surface area (Å²) in [6.45, 7) is 0. The average Bonchev–Trinajstić information content (AvgIpc) is 2.16. The Morgan fingerprint density at radius 1 is 1.57 bits per heavy atom. The van der Waals surface area contributed by atoms with E-state index < -0.39 is 6.43 Å². The van der Waals surface area contributed by atoms with Gasteiger partial charge in [0.15, 0.2) is 0 Å². The summed E-state index contributed by atoms with van der Waals surface area (Å²) in [6, 6.07) is 0. The van der Waals surface area contributed by atoms with Gasteiger partial charge in [-0.15, -0.1) is 0 Å². The van der Waals surface area contributed by atoms with Crippen molar-refractivity contribution in [1.82, 2.24) is 4.98 Å². The Balaban J connectivity index is 3.27. The molecule has 0 spiro atoms. The summed E-state index contributed by atoms with van der Waals surface area (Å²) >= 11 is 6.29. The van der Waals surface area contributed by atoms with Crippen molar-refractivity contribution in [2.75, 3.05) is 7.11 Å². The Kier molecular flexibility index (Phi) is 4.25. The molecule has 0 fully saturated rings. The molecule has 0 aromatic carbocycles.